The van der Waals surface area contributed by atoms with Gasteiger partial charge in [-0.2, -0.15) is 0 Å². The van der Waals surface area contributed by atoms with Crippen molar-refractivity contribution in [3.05, 3.63) is 88.5 Å². The molecule has 3 aromatic rings. The van der Waals surface area contributed by atoms with Crippen molar-refractivity contribution < 1.29 is 14.7 Å². The predicted octanol–water partition coefficient (Wildman–Crippen LogP) is 4.14. The fraction of sp³-hybridized carbons (Fsp3) is 0.308. The SMILES string of the molecule is Cc1ccccc1-c1cc([C@H](CC(=O)O)NC(=O)[C@H](CC(C)C)n2ccccc2=O)ccn1. The number of nitrogens with one attached hydrogen (secondary N) is 1. The highest BCUT2D eigenvalue weighted by atomic mass is 16.4. The molecule has 0 saturated heterocycles. The Labute approximate surface area is 193 Å². The molecule has 3 rings (SSSR count). The summed E-state index contributed by atoms with van der Waals surface area (Å²) in [6.07, 6.45) is 3.36. The van der Waals surface area contributed by atoms with Gasteiger partial charge in [0.1, 0.15) is 6.04 Å². The van der Waals surface area contributed by atoms with Gasteiger partial charge in [-0.05, 0) is 48.6 Å². The highest BCUT2D eigenvalue weighted by molar-refractivity contribution is 5.81. The van der Waals surface area contributed by atoms with E-state index in [1.807, 2.05) is 51.1 Å². The molecule has 0 aliphatic heterocycles. The summed E-state index contributed by atoms with van der Waals surface area (Å²) in [7, 11) is 0. The second kappa shape index (κ2) is 10.7. The van der Waals surface area contributed by atoms with Crippen LogP contribution in [0.1, 0.15) is 49.9 Å². The molecule has 0 spiro atoms. The molecule has 1 amide bonds. The summed E-state index contributed by atoms with van der Waals surface area (Å²) < 4.78 is 1.40. The van der Waals surface area contributed by atoms with Crippen molar-refractivity contribution in [2.75, 3.05) is 0 Å². The van der Waals surface area contributed by atoms with Crippen molar-refractivity contribution in [3.8, 4) is 11.3 Å². The Morgan fingerprint density at radius 2 is 1.82 bits per heavy atom. The number of nitrogens with zero attached hydrogens (tertiary/aromatic N) is 2. The lowest BCUT2D eigenvalue weighted by molar-refractivity contribution is -0.138. The van der Waals surface area contributed by atoms with Crippen LogP contribution in [0.4, 0.5) is 0 Å². The summed E-state index contributed by atoms with van der Waals surface area (Å²) in [5, 5.41) is 12.4. The normalized spacial score (nSPS) is 12.8. The Morgan fingerprint density at radius 3 is 2.48 bits per heavy atom. The average Bonchev–Trinajstić information content (AvgIpc) is 2.77. The fourth-order valence-corrected chi connectivity index (χ4v) is 3.86. The van der Waals surface area contributed by atoms with Crippen molar-refractivity contribution in [2.24, 2.45) is 5.92 Å². The molecule has 33 heavy (non-hydrogen) atoms. The number of hydrogen-bond acceptors (Lipinski definition) is 4. The number of rotatable bonds is 9. The van der Waals surface area contributed by atoms with Crippen LogP contribution in [0.5, 0.6) is 0 Å². The topological polar surface area (TPSA) is 101 Å². The Morgan fingerprint density at radius 1 is 1.09 bits per heavy atom. The number of carboxylic acids is 1. The van der Waals surface area contributed by atoms with Crippen LogP contribution in [0.2, 0.25) is 0 Å². The van der Waals surface area contributed by atoms with Gasteiger partial charge in [-0.1, -0.05) is 44.2 Å². The third kappa shape index (κ3) is 6.16. The molecular formula is C26H29N3O4. The van der Waals surface area contributed by atoms with Gasteiger partial charge in [0.2, 0.25) is 5.91 Å². The molecule has 0 aliphatic rings. The van der Waals surface area contributed by atoms with Gasteiger partial charge in [-0.25, -0.2) is 0 Å². The van der Waals surface area contributed by atoms with Gasteiger partial charge in [0, 0.05) is 24.0 Å². The van der Waals surface area contributed by atoms with Crippen LogP contribution in [0.15, 0.2) is 71.8 Å². The molecule has 2 N–H and O–H groups in total. The third-order valence-electron chi connectivity index (χ3n) is 5.49. The quantitative estimate of drug-likeness (QED) is 0.513. The van der Waals surface area contributed by atoms with Crippen molar-refractivity contribution in [2.45, 2.75) is 45.7 Å². The van der Waals surface area contributed by atoms with Gasteiger partial charge < -0.3 is 15.0 Å². The first-order valence-electron chi connectivity index (χ1n) is 11.0. The Kier molecular flexibility index (Phi) is 7.77. The smallest absolute Gasteiger partial charge is 0.305 e. The van der Waals surface area contributed by atoms with E-state index in [1.165, 1.54) is 10.6 Å². The molecule has 1 aromatic carbocycles. The van der Waals surface area contributed by atoms with Crippen molar-refractivity contribution >= 4 is 11.9 Å². The summed E-state index contributed by atoms with van der Waals surface area (Å²) in [6.45, 7) is 5.93. The molecule has 2 aromatic heterocycles. The van der Waals surface area contributed by atoms with Gasteiger partial charge in [-0.15, -0.1) is 0 Å². The molecule has 0 saturated carbocycles. The number of benzene rings is 1. The summed E-state index contributed by atoms with van der Waals surface area (Å²) >= 11 is 0. The van der Waals surface area contributed by atoms with Crippen LogP contribution in [-0.2, 0) is 9.59 Å². The second-order valence-electron chi connectivity index (χ2n) is 8.54. The number of carbonyl (C=O) groups is 2. The fourth-order valence-electron chi connectivity index (χ4n) is 3.86. The number of aromatic nitrogens is 2. The van der Waals surface area contributed by atoms with E-state index in [4.69, 9.17) is 0 Å². The molecule has 0 fully saturated rings. The van der Waals surface area contributed by atoms with E-state index >= 15 is 0 Å². The summed E-state index contributed by atoms with van der Waals surface area (Å²) in [4.78, 5) is 41.8. The number of carboxylic acid groups (broad SMARTS) is 1. The number of hydrogen-bond donors (Lipinski definition) is 2. The first-order valence-corrected chi connectivity index (χ1v) is 11.0. The van der Waals surface area contributed by atoms with E-state index in [0.717, 1.165) is 11.1 Å². The molecule has 172 valence electrons. The number of pyridine rings is 2. The molecule has 2 heterocycles. The molecule has 0 unspecified atom stereocenters. The maximum Gasteiger partial charge on any atom is 0.305 e. The lowest BCUT2D eigenvalue weighted by atomic mass is 9.98. The van der Waals surface area contributed by atoms with Crippen LogP contribution in [-0.4, -0.2) is 26.5 Å². The van der Waals surface area contributed by atoms with E-state index in [9.17, 15) is 19.5 Å². The molecule has 0 bridgehead atoms. The van der Waals surface area contributed by atoms with Gasteiger partial charge in [0.25, 0.3) is 5.56 Å². The van der Waals surface area contributed by atoms with Crippen molar-refractivity contribution in [1.29, 1.82) is 0 Å². The van der Waals surface area contributed by atoms with E-state index in [0.29, 0.717) is 17.7 Å². The molecule has 7 heteroatoms. The van der Waals surface area contributed by atoms with E-state index in [2.05, 4.69) is 10.3 Å². The largest absolute Gasteiger partial charge is 0.481 e. The molecule has 0 aliphatic carbocycles. The Balaban J connectivity index is 1.95. The van der Waals surface area contributed by atoms with Crippen LogP contribution in [0.25, 0.3) is 11.3 Å². The van der Waals surface area contributed by atoms with Crippen LogP contribution < -0.4 is 10.9 Å². The number of aryl methyl sites for hydroxylation is 1. The zero-order valence-corrected chi connectivity index (χ0v) is 19.1. The summed E-state index contributed by atoms with van der Waals surface area (Å²) in [6, 6.07) is 14.5. The number of amides is 1. The first kappa shape index (κ1) is 23.9. The highest BCUT2D eigenvalue weighted by Gasteiger charge is 2.27. The summed E-state index contributed by atoms with van der Waals surface area (Å²) in [5.41, 5.74) is 3.05. The zero-order valence-electron chi connectivity index (χ0n) is 19.1. The van der Waals surface area contributed by atoms with E-state index < -0.39 is 24.0 Å². The maximum atomic E-state index is 13.3. The van der Waals surface area contributed by atoms with Gasteiger partial charge in [0.05, 0.1) is 18.2 Å². The van der Waals surface area contributed by atoms with Gasteiger partial charge in [0.15, 0.2) is 0 Å². The predicted molar refractivity (Wildman–Crippen MR) is 127 cm³/mol. The van der Waals surface area contributed by atoms with E-state index in [-0.39, 0.29) is 17.9 Å². The van der Waals surface area contributed by atoms with Crippen molar-refractivity contribution in [1.82, 2.24) is 14.9 Å². The number of aliphatic carboxylic acids is 1. The van der Waals surface area contributed by atoms with Crippen molar-refractivity contribution in [3.63, 3.8) is 0 Å². The molecule has 7 nitrogen and oxygen atoms in total. The lowest BCUT2D eigenvalue weighted by Gasteiger charge is -2.25. The van der Waals surface area contributed by atoms with Crippen LogP contribution >= 0.6 is 0 Å². The average molecular weight is 448 g/mol. The lowest BCUT2D eigenvalue weighted by Crippen LogP contribution is -2.39. The van der Waals surface area contributed by atoms with E-state index in [1.54, 1.807) is 30.6 Å². The maximum absolute atomic E-state index is 13.3. The minimum Gasteiger partial charge on any atom is -0.481 e. The third-order valence-corrected chi connectivity index (χ3v) is 5.49. The molecular weight excluding hydrogens is 418 g/mol. The second-order valence-corrected chi connectivity index (χ2v) is 8.54. The zero-order chi connectivity index (χ0) is 24.0. The molecule has 0 radical (unpaired) electrons. The standard InChI is InChI=1S/C26H29N3O4/c1-17(2)14-23(29-13-7-6-10-24(29)30)26(33)28-21(16-25(31)32)19-11-12-27-22(15-19)20-9-5-4-8-18(20)3/h4-13,15,17,21,23H,14,16H2,1-3H3,(H,28,33)(H,31,32)/t21-,23-/m0/s1. The van der Waals surface area contributed by atoms with Crippen LogP contribution in [0, 0.1) is 12.8 Å². The number of carbonyl (C=O) groups excluding carboxylic acids is 1. The first-order chi connectivity index (χ1) is 15.8. The summed E-state index contributed by atoms with van der Waals surface area (Å²) in [5.74, 6) is -1.27. The van der Waals surface area contributed by atoms with Gasteiger partial charge in [-0.3, -0.25) is 19.4 Å². The van der Waals surface area contributed by atoms with Gasteiger partial charge >= 0.3 is 5.97 Å². The Bertz CT molecular complexity index is 1190. The minimum atomic E-state index is -1.04. The molecule has 2 atom stereocenters. The monoisotopic (exact) mass is 447 g/mol. The van der Waals surface area contributed by atoms with Crippen LogP contribution in [0.3, 0.4) is 0 Å². The Hall–Kier alpha value is -3.74. The highest BCUT2D eigenvalue weighted by Crippen LogP contribution is 2.26. The minimum absolute atomic E-state index is 0.152.